The lowest BCUT2D eigenvalue weighted by molar-refractivity contribution is -0.385. The predicted molar refractivity (Wildman–Crippen MR) is 78.9 cm³/mol. The molecule has 0 N–H and O–H groups in total. The van der Waals surface area contributed by atoms with Gasteiger partial charge in [-0.1, -0.05) is 42.5 Å². The standard InChI is InChI=1S/C15H12N2O4/c18-16(19)14-10-3-1-6-12(14)8-5-9-13-7-2-4-11-15(13)17(20)21/h1-8,10-11H,9H2. The lowest BCUT2D eigenvalue weighted by atomic mass is 10.1. The van der Waals surface area contributed by atoms with Crippen LogP contribution in [-0.4, -0.2) is 9.85 Å². The van der Waals surface area contributed by atoms with E-state index >= 15 is 0 Å². The first-order chi connectivity index (χ1) is 10.1. The summed E-state index contributed by atoms with van der Waals surface area (Å²) in [4.78, 5) is 20.9. The van der Waals surface area contributed by atoms with Crippen molar-refractivity contribution in [3.05, 3.63) is 86.0 Å². The Labute approximate surface area is 120 Å². The van der Waals surface area contributed by atoms with Crippen LogP contribution in [-0.2, 0) is 6.42 Å². The largest absolute Gasteiger partial charge is 0.276 e. The summed E-state index contributed by atoms with van der Waals surface area (Å²) in [6.07, 6.45) is 3.63. The minimum Gasteiger partial charge on any atom is -0.258 e. The minimum absolute atomic E-state index is 0.0105. The molecule has 6 nitrogen and oxygen atoms in total. The Bertz CT molecular complexity index is 710. The first kappa shape index (κ1) is 14.4. The highest BCUT2D eigenvalue weighted by Crippen LogP contribution is 2.21. The van der Waals surface area contributed by atoms with Crippen molar-refractivity contribution >= 4 is 17.5 Å². The lowest BCUT2D eigenvalue weighted by Gasteiger charge is -1.99. The summed E-state index contributed by atoms with van der Waals surface area (Å²) in [5.41, 5.74) is 1.10. The second-order valence-electron chi connectivity index (χ2n) is 4.31. The molecule has 0 bridgehead atoms. The molecule has 0 spiro atoms. The topological polar surface area (TPSA) is 86.3 Å². The minimum atomic E-state index is -0.454. The molecule has 0 fully saturated rings. The number of rotatable bonds is 5. The molecule has 2 aromatic rings. The highest BCUT2D eigenvalue weighted by atomic mass is 16.6. The van der Waals surface area contributed by atoms with Crippen LogP contribution in [0.2, 0.25) is 0 Å². The molecular weight excluding hydrogens is 272 g/mol. The van der Waals surface area contributed by atoms with Gasteiger partial charge in [0, 0.05) is 17.7 Å². The predicted octanol–water partition coefficient (Wildman–Crippen LogP) is 3.76. The van der Waals surface area contributed by atoms with Crippen LogP contribution >= 0.6 is 0 Å². The first-order valence-corrected chi connectivity index (χ1v) is 6.22. The number of para-hydroxylation sites is 2. The monoisotopic (exact) mass is 284 g/mol. The maximum atomic E-state index is 10.9. The van der Waals surface area contributed by atoms with Crippen molar-refractivity contribution in [1.82, 2.24) is 0 Å². The summed E-state index contributed by atoms with van der Waals surface area (Å²) in [6, 6.07) is 12.8. The molecule has 0 aliphatic rings. The van der Waals surface area contributed by atoms with Crippen LogP contribution in [0.25, 0.3) is 6.08 Å². The molecule has 2 rings (SSSR count). The molecule has 0 amide bonds. The van der Waals surface area contributed by atoms with Gasteiger partial charge in [0.2, 0.25) is 0 Å². The fourth-order valence-corrected chi connectivity index (χ4v) is 1.97. The number of hydrogen-bond donors (Lipinski definition) is 0. The van der Waals surface area contributed by atoms with E-state index < -0.39 is 9.85 Å². The van der Waals surface area contributed by atoms with Crippen LogP contribution < -0.4 is 0 Å². The van der Waals surface area contributed by atoms with Crippen LogP contribution in [0.3, 0.4) is 0 Å². The van der Waals surface area contributed by atoms with Crippen LogP contribution in [0.5, 0.6) is 0 Å². The molecule has 0 saturated heterocycles. The summed E-state index contributed by atoms with van der Waals surface area (Å²) in [5, 5.41) is 21.8. The highest BCUT2D eigenvalue weighted by molar-refractivity contribution is 5.61. The molecule has 0 atom stereocenters. The second-order valence-corrected chi connectivity index (χ2v) is 4.31. The summed E-state index contributed by atoms with van der Waals surface area (Å²) >= 11 is 0. The first-order valence-electron chi connectivity index (χ1n) is 6.22. The molecule has 106 valence electrons. The summed E-state index contributed by atoms with van der Waals surface area (Å²) in [5.74, 6) is 0. The third-order valence-electron chi connectivity index (χ3n) is 2.96. The molecule has 0 aromatic heterocycles. The maximum absolute atomic E-state index is 10.9. The van der Waals surface area contributed by atoms with Gasteiger partial charge in [-0.25, -0.2) is 0 Å². The van der Waals surface area contributed by atoms with E-state index in [9.17, 15) is 20.2 Å². The zero-order chi connectivity index (χ0) is 15.2. The fraction of sp³-hybridized carbons (Fsp3) is 0.0667. The summed E-state index contributed by atoms with van der Waals surface area (Å²) < 4.78 is 0. The van der Waals surface area contributed by atoms with Gasteiger partial charge in [0.1, 0.15) is 0 Å². The molecule has 0 saturated carbocycles. The molecule has 0 aliphatic carbocycles. The fourth-order valence-electron chi connectivity index (χ4n) is 1.97. The van der Waals surface area contributed by atoms with E-state index in [1.807, 2.05) is 0 Å². The van der Waals surface area contributed by atoms with Gasteiger partial charge in [0.05, 0.1) is 15.4 Å². The van der Waals surface area contributed by atoms with E-state index in [2.05, 4.69) is 0 Å². The third-order valence-corrected chi connectivity index (χ3v) is 2.96. The van der Waals surface area contributed by atoms with Crippen LogP contribution in [0.1, 0.15) is 11.1 Å². The Morgan fingerprint density at radius 3 is 2.10 bits per heavy atom. The average molecular weight is 284 g/mol. The Kier molecular flexibility index (Phi) is 4.40. The van der Waals surface area contributed by atoms with Crippen LogP contribution in [0.15, 0.2) is 54.6 Å². The number of nitro groups is 2. The lowest BCUT2D eigenvalue weighted by Crippen LogP contribution is -1.94. The molecule has 2 aromatic carbocycles. The molecule has 0 unspecified atom stereocenters. The Morgan fingerprint density at radius 1 is 0.857 bits per heavy atom. The van der Waals surface area contributed by atoms with Crippen LogP contribution in [0, 0.1) is 20.2 Å². The summed E-state index contributed by atoms with van der Waals surface area (Å²) in [6.45, 7) is 0. The van der Waals surface area contributed by atoms with Crippen molar-refractivity contribution in [1.29, 1.82) is 0 Å². The Balaban J connectivity index is 2.21. The zero-order valence-electron chi connectivity index (χ0n) is 11.0. The van der Waals surface area contributed by atoms with Gasteiger partial charge in [-0.15, -0.1) is 0 Å². The number of benzene rings is 2. The molecule has 0 heterocycles. The van der Waals surface area contributed by atoms with E-state index in [-0.39, 0.29) is 11.4 Å². The quantitative estimate of drug-likeness (QED) is 0.617. The van der Waals surface area contributed by atoms with Gasteiger partial charge >= 0.3 is 0 Å². The van der Waals surface area contributed by atoms with Crippen molar-refractivity contribution in [3.63, 3.8) is 0 Å². The Hall–Kier alpha value is -3.02. The van der Waals surface area contributed by atoms with E-state index in [0.29, 0.717) is 17.5 Å². The van der Waals surface area contributed by atoms with Crippen molar-refractivity contribution in [2.24, 2.45) is 0 Å². The summed E-state index contributed by atoms with van der Waals surface area (Å²) in [7, 11) is 0. The van der Waals surface area contributed by atoms with Gasteiger partial charge in [0.25, 0.3) is 11.4 Å². The smallest absolute Gasteiger partial charge is 0.258 e. The van der Waals surface area contributed by atoms with E-state index in [1.54, 1.807) is 48.6 Å². The normalized spacial score (nSPS) is 10.7. The van der Waals surface area contributed by atoms with E-state index in [4.69, 9.17) is 0 Å². The molecule has 6 heteroatoms. The molecular formula is C15H12N2O4. The van der Waals surface area contributed by atoms with Crippen molar-refractivity contribution in [2.75, 3.05) is 0 Å². The van der Waals surface area contributed by atoms with Crippen molar-refractivity contribution in [2.45, 2.75) is 6.42 Å². The second kappa shape index (κ2) is 6.42. The van der Waals surface area contributed by atoms with E-state index in [1.165, 1.54) is 12.1 Å². The van der Waals surface area contributed by atoms with Crippen molar-refractivity contribution in [3.8, 4) is 0 Å². The van der Waals surface area contributed by atoms with E-state index in [0.717, 1.165) is 0 Å². The number of hydrogen-bond acceptors (Lipinski definition) is 4. The van der Waals surface area contributed by atoms with Crippen molar-refractivity contribution < 1.29 is 9.85 Å². The molecule has 21 heavy (non-hydrogen) atoms. The van der Waals surface area contributed by atoms with Gasteiger partial charge in [-0.3, -0.25) is 20.2 Å². The van der Waals surface area contributed by atoms with Gasteiger partial charge in [0.15, 0.2) is 0 Å². The van der Waals surface area contributed by atoms with Crippen LogP contribution in [0.4, 0.5) is 11.4 Å². The maximum Gasteiger partial charge on any atom is 0.276 e. The highest BCUT2D eigenvalue weighted by Gasteiger charge is 2.11. The van der Waals surface area contributed by atoms with Gasteiger partial charge in [-0.2, -0.15) is 0 Å². The Morgan fingerprint density at radius 2 is 1.43 bits per heavy atom. The molecule has 0 radical (unpaired) electrons. The average Bonchev–Trinajstić information content (AvgIpc) is 2.48. The number of nitro benzene ring substituents is 2. The SMILES string of the molecule is O=[N+]([O-])c1ccccc1C=CCc1ccccc1[N+](=O)[O-]. The third kappa shape index (κ3) is 3.50. The van der Waals surface area contributed by atoms with Gasteiger partial charge < -0.3 is 0 Å². The number of nitrogens with zero attached hydrogens (tertiary/aromatic N) is 2. The van der Waals surface area contributed by atoms with Gasteiger partial charge in [-0.05, 0) is 12.5 Å². The zero-order valence-corrected chi connectivity index (χ0v) is 11.0. The molecule has 0 aliphatic heterocycles. The number of allylic oxidation sites excluding steroid dienone is 1.